The van der Waals surface area contributed by atoms with Crippen LogP contribution in [0.25, 0.3) is 0 Å². The maximum atomic E-state index is 10.0. The van der Waals surface area contributed by atoms with Gasteiger partial charge in [-0.2, -0.15) is 0 Å². The summed E-state index contributed by atoms with van der Waals surface area (Å²) in [6.07, 6.45) is 23.4. The van der Waals surface area contributed by atoms with Gasteiger partial charge >= 0.3 is 29.6 Å². The summed E-state index contributed by atoms with van der Waals surface area (Å²) in [7, 11) is -4.93. The number of hydrogen-bond donors (Lipinski definition) is 0. The first kappa shape index (κ1) is 31.9. The van der Waals surface area contributed by atoms with Crippen LogP contribution in [-0.2, 0) is 29.7 Å². The Bertz CT molecular complexity index is 408. The maximum absolute atomic E-state index is 10.0. The smallest absolute Gasteiger partial charge is 0.724 e. The summed E-state index contributed by atoms with van der Waals surface area (Å²) < 4.78 is 33.3. The fraction of sp³-hybridized carbons (Fsp3) is 1.00. The molecule has 170 valence electrons. The zero-order valence-corrected chi connectivity index (χ0v) is 21.5. The molecule has 0 saturated heterocycles. The third kappa shape index (κ3) is 31.0. The molecule has 0 amide bonds. The van der Waals surface area contributed by atoms with Crippen molar-refractivity contribution < 1.29 is 61.8 Å². The normalized spacial score (nSPS) is 11.5. The molecular formula is C20H41NaO7S. The van der Waals surface area contributed by atoms with E-state index in [1.807, 2.05) is 0 Å². The Morgan fingerprint density at radius 3 is 1.28 bits per heavy atom. The van der Waals surface area contributed by atoms with Crippen molar-refractivity contribution in [3.63, 3.8) is 0 Å². The van der Waals surface area contributed by atoms with Crippen molar-refractivity contribution in [2.24, 2.45) is 0 Å². The van der Waals surface area contributed by atoms with Crippen molar-refractivity contribution in [2.45, 2.75) is 122 Å². The van der Waals surface area contributed by atoms with E-state index in [4.69, 9.17) is 0 Å². The van der Waals surface area contributed by atoms with E-state index in [2.05, 4.69) is 26.2 Å². The molecule has 0 heterocycles. The van der Waals surface area contributed by atoms with Crippen LogP contribution in [0.5, 0.6) is 0 Å². The second kappa shape index (κ2) is 25.0. The van der Waals surface area contributed by atoms with Gasteiger partial charge in [0.2, 0.25) is 10.4 Å². The Balaban J connectivity index is 0. The largest absolute Gasteiger partial charge is 1.00 e. The summed E-state index contributed by atoms with van der Waals surface area (Å²) in [6.45, 7) is 2.52. The summed E-state index contributed by atoms with van der Waals surface area (Å²) in [6, 6.07) is 0. The molecule has 0 aromatic carbocycles. The van der Waals surface area contributed by atoms with Gasteiger partial charge in [-0.25, -0.2) is 13.3 Å². The number of rotatable bonds is 23. The van der Waals surface area contributed by atoms with E-state index in [1.165, 1.54) is 96.3 Å². The van der Waals surface area contributed by atoms with Gasteiger partial charge in [-0.05, 0) is 16.5 Å². The second-order valence-corrected chi connectivity index (χ2v) is 8.40. The van der Waals surface area contributed by atoms with Crippen LogP contribution < -0.4 is 29.6 Å². The second-order valence-electron chi connectivity index (χ2n) is 7.44. The molecule has 0 aliphatic carbocycles. The molecule has 0 aromatic rings. The molecule has 0 aromatic heterocycles. The summed E-state index contributed by atoms with van der Waals surface area (Å²) in [5.41, 5.74) is 0. The Kier molecular flexibility index (Phi) is 27.5. The van der Waals surface area contributed by atoms with Crippen molar-refractivity contribution in [1.29, 1.82) is 0 Å². The van der Waals surface area contributed by atoms with Crippen LogP contribution in [0.1, 0.15) is 122 Å². The molecule has 9 heteroatoms. The first-order valence-corrected chi connectivity index (χ1v) is 12.5. The fourth-order valence-corrected chi connectivity index (χ4v) is 3.25. The minimum Gasteiger partial charge on any atom is -0.724 e. The molecule has 7 nitrogen and oxygen atoms in total. The molecule has 0 unspecified atom stereocenters. The zero-order chi connectivity index (χ0) is 20.8. The molecule has 0 fully saturated rings. The maximum Gasteiger partial charge on any atom is 1.00 e. The summed E-state index contributed by atoms with van der Waals surface area (Å²) >= 11 is 0. The molecule has 0 N–H and O–H groups in total. The van der Waals surface area contributed by atoms with Crippen molar-refractivity contribution in [3.05, 3.63) is 0 Å². The van der Waals surface area contributed by atoms with Crippen molar-refractivity contribution in [1.82, 2.24) is 0 Å². The van der Waals surface area contributed by atoms with Gasteiger partial charge in [-0.3, -0.25) is 0 Å². The Morgan fingerprint density at radius 2 is 0.931 bits per heavy atom. The predicted octanol–water partition coefficient (Wildman–Crippen LogP) is 3.30. The molecule has 0 atom stereocenters. The standard InChI is InChI=1S/C20H42O7S.Na/c1-2-3-4-5-6-7-8-9-10-11-12-13-14-15-16-17-18-19-20-24-25-26-27-28(21,22)23;/h2-20H2,1H3,(H,21,22,23);/q;+1/p-1. The molecule has 0 radical (unpaired) electrons. The van der Waals surface area contributed by atoms with Gasteiger partial charge in [0.1, 0.15) is 0 Å². The average Bonchev–Trinajstić information content (AvgIpc) is 2.65. The SMILES string of the molecule is CCCCCCCCCCCCCCCCCCCCOOOOS(=O)(=O)[O-].[Na+]. The quantitative estimate of drug-likeness (QED) is 0.0591. The molecule has 0 spiro atoms. The van der Waals surface area contributed by atoms with Crippen molar-refractivity contribution >= 4 is 10.4 Å². The van der Waals surface area contributed by atoms with E-state index in [1.54, 1.807) is 0 Å². The van der Waals surface area contributed by atoms with Gasteiger partial charge in [0.25, 0.3) is 0 Å². The summed E-state index contributed by atoms with van der Waals surface area (Å²) in [5, 5.41) is 7.55. The van der Waals surface area contributed by atoms with Crippen LogP contribution in [0.4, 0.5) is 0 Å². The van der Waals surface area contributed by atoms with E-state index in [-0.39, 0.29) is 36.2 Å². The molecule has 0 aliphatic heterocycles. The van der Waals surface area contributed by atoms with Crippen LogP contribution in [0.3, 0.4) is 0 Å². The summed E-state index contributed by atoms with van der Waals surface area (Å²) in [4.78, 5) is 4.51. The molecular weight excluding hydrogens is 407 g/mol. The molecule has 0 saturated carbocycles. The Hall–Kier alpha value is 0.750. The van der Waals surface area contributed by atoms with Crippen LogP contribution in [0, 0.1) is 0 Å². The molecule has 0 rings (SSSR count). The van der Waals surface area contributed by atoms with E-state index in [9.17, 15) is 13.0 Å². The minimum atomic E-state index is -4.93. The van der Waals surface area contributed by atoms with E-state index < -0.39 is 10.4 Å². The average molecular weight is 449 g/mol. The van der Waals surface area contributed by atoms with Gasteiger partial charge in [-0.1, -0.05) is 120 Å². The first-order valence-electron chi connectivity index (χ1n) is 11.2. The van der Waals surface area contributed by atoms with Gasteiger partial charge < -0.3 is 4.55 Å². The van der Waals surface area contributed by atoms with Crippen LogP contribution >= 0.6 is 0 Å². The van der Waals surface area contributed by atoms with Gasteiger partial charge in [0.05, 0.1) is 6.61 Å². The molecule has 0 aliphatic rings. The van der Waals surface area contributed by atoms with E-state index in [0.29, 0.717) is 0 Å². The van der Waals surface area contributed by atoms with E-state index in [0.717, 1.165) is 19.3 Å². The van der Waals surface area contributed by atoms with Crippen LogP contribution in [0.2, 0.25) is 0 Å². The third-order valence-electron chi connectivity index (χ3n) is 4.77. The van der Waals surface area contributed by atoms with Crippen molar-refractivity contribution in [3.8, 4) is 0 Å². The molecule has 29 heavy (non-hydrogen) atoms. The Labute approximate surface area is 200 Å². The van der Waals surface area contributed by atoms with Crippen LogP contribution in [-0.4, -0.2) is 19.6 Å². The molecule has 0 bridgehead atoms. The number of hydrogen-bond acceptors (Lipinski definition) is 7. The first-order chi connectivity index (χ1) is 13.6. The zero-order valence-electron chi connectivity index (χ0n) is 18.7. The van der Waals surface area contributed by atoms with Gasteiger partial charge in [0.15, 0.2) is 0 Å². The minimum absolute atomic E-state index is 0. The van der Waals surface area contributed by atoms with Crippen molar-refractivity contribution in [2.75, 3.05) is 6.61 Å². The predicted molar refractivity (Wildman–Crippen MR) is 108 cm³/mol. The van der Waals surface area contributed by atoms with Gasteiger partial charge in [0, 0.05) is 0 Å². The third-order valence-corrected chi connectivity index (χ3v) is 4.99. The fourth-order valence-electron chi connectivity index (χ4n) is 3.16. The number of unbranched alkanes of at least 4 members (excludes halogenated alkanes) is 17. The topological polar surface area (TPSA) is 94.1 Å². The monoisotopic (exact) mass is 448 g/mol. The Morgan fingerprint density at radius 1 is 0.586 bits per heavy atom. The van der Waals surface area contributed by atoms with Crippen LogP contribution in [0.15, 0.2) is 0 Å². The summed E-state index contributed by atoms with van der Waals surface area (Å²) in [5.74, 6) is 0. The van der Waals surface area contributed by atoms with E-state index >= 15 is 0 Å². The van der Waals surface area contributed by atoms with Gasteiger partial charge in [-0.15, -0.1) is 0 Å².